The van der Waals surface area contributed by atoms with E-state index < -0.39 is 0 Å². The predicted octanol–water partition coefficient (Wildman–Crippen LogP) is 6.06. The first-order valence-corrected chi connectivity index (χ1v) is 11.7. The fourth-order valence-electron chi connectivity index (χ4n) is 8.03. The van der Waals surface area contributed by atoms with Gasteiger partial charge in [-0.25, -0.2) is 0 Å². The summed E-state index contributed by atoms with van der Waals surface area (Å²) in [7, 11) is 0. The quantitative estimate of drug-likeness (QED) is 0.453. The summed E-state index contributed by atoms with van der Waals surface area (Å²) in [6.07, 6.45) is 14.3. The van der Waals surface area contributed by atoms with Crippen LogP contribution in [0, 0.1) is 28.6 Å². The summed E-state index contributed by atoms with van der Waals surface area (Å²) < 4.78 is 5.58. The number of carbonyl (C=O) groups is 1. The fraction of sp³-hybridized carbons (Fsp3) is 0.692. The third kappa shape index (κ3) is 2.99. The number of carbonyl (C=O) groups excluding carboxylic acids is 1. The van der Waals surface area contributed by atoms with Crippen molar-refractivity contribution in [3.63, 3.8) is 0 Å². The summed E-state index contributed by atoms with van der Waals surface area (Å²) in [5.74, 6) is 2.90. The van der Waals surface area contributed by atoms with E-state index in [1.807, 2.05) is 12.3 Å². The maximum absolute atomic E-state index is 11.4. The Hall–Kier alpha value is -1.64. The van der Waals surface area contributed by atoms with Crippen LogP contribution in [0.15, 0.2) is 36.0 Å². The molecule has 29 heavy (non-hydrogen) atoms. The van der Waals surface area contributed by atoms with Crippen molar-refractivity contribution >= 4 is 5.97 Å². The van der Waals surface area contributed by atoms with E-state index in [0.717, 1.165) is 30.6 Å². The monoisotopic (exact) mass is 393 g/mol. The lowest BCUT2D eigenvalue weighted by atomic mass is 9.47. The van der Waals surface area contributed by atoms with E-state index >= 15 is 0 Å². The number of ether oxygens (including phenoxy) is 1. The molecule has 1 aromatic rings. The lowest BCUT2D eigenvalue weighted by molar-refractivity contribution is -0.148. The molecule has 1 heterocycles. The Kier molecular flexibility index (Phi) is 4.64. The van der Waals surface area contributed by atoms with Gasteiger partial charge in [-0.3, -0.25) is 9.78 Å². The second-order valence-corrected chi connectivity index (χ2v) is 10.7. The van der Waals surface area contributed by atoms with Crippen molar-refractivity contribution in [3.8, 4) is 0 Å². The van der Waals surface area contributed by atoms with Gasteiger partial charge in [-0.05, 0) is 85.7 Å². The zero-order chi connectivity index (χ0) is 20.2. The average molecular weight is 394 g/mol. The van der Waals surface area contributed by atoms with Crippen molar-refractivity contribution in [2.24, 2.45) is 28.6 Å². The van der Waals surface area contributed by atoms with E-state index in [4.69, 9.17) is 9.72 Å². The van der Waals surface area contributed by atoms with Crippen LogP contribution in [-0.4, -0.2) is 17.1 Å². The highest BCUT2D eigenvalue weighted by Crippen LogP contribution is 2.67. The van der Waals surface area contributed by atoms with E-state index in [-0.39, 0.29) is 12.1 Å². The zero-order valence-corrected chi connectivity index (χ0v) is 18.2. The minimum Gasteiger partial charge on any atom is -0.462 e. The number of aromatic nitrogens is 1. The molecule has 0 spiro atoms. The Balaban J connectivity index is 1.40. The van der Waals surface area contributed by atoms with E-state index in [1.54, 1.807) is 12.5 Å². The van der Waals surface area contributed by atoms with Crippen LogP contribution in [0.4, 0.5) is 0 Å². The molecule has 0 N–H and O–H groups in total. The molecule has 1 aromatic heterocycles. The highest BCUT2D eigenvalue weighted by molar-refractivity contribution is 5.66. The Morgan fingerprint density at radius 1 is 1.10 bits per heavy atom. The molecule has 3 nitrogen and oxygen atoms in total. The van der Waals surface area contributed by atoms with Crippen molar-refractivity contribution in [1.82, 2.24) is 4.98 Å². The van der Waals surface area contributed by atoms with Crippen LogP contribution in [0.2, 0.25) is 0 Å². The number of esters is 1. The average Bonchev–Trinajstić information content (AvgIpc) is 3.06. The molecule has 156 valence electrons. The zero-order valence-electron chi connectivity index (χ0n) is 18.2. The highest BCUT2D eigenvalue weighted by atomic mass is 16.5. The molecule has 7 atom stereocenters. The molecule has 3 fully saturated rings. The summed E-state index contributed by atoms with van der Waals surface area (Å²) in [5, 5.41) is 0. The molecule has 0 unspecified atom stereocenters. The molecule has 4 aliphatic carbocycles. The van der Waals surface area contributed by atoms with Crippen LogP contribution in [0.25, 0.3) is 0 Å². The van der Waals surface area contributed by atoms with Gasteiger partial charge in [0.15, 0.2) is 0 Å². The van der Waals surface area contributed by atoms with Gasteiger partial charge in [0, 0.05) is 31.2 Å². The normalized spacial score (nSPS) is 43.6. The van der Waals surface area contributed by atoms with Crippen LogP contribution in [0.5, 0.6) is 0 Å². The maximum atomic E-state index is 11.4. The van der Waals surface area contributed by atoms with Crippen LogP contribution in [-0.2, 0) is 9.53 Å². The molecular formula is C26H35NO2. The van der Waals surface area contributed by atoms with Crippen LogP contribution < -0.4 is 0 Å². The van der Waals surface area contributed by atoms with Gasteiger partial charge in [0.1, 0.15) is 6.10 Å². The largest absolute Gasteiger partial charge is 0.462 e. The van der Waals surface area contributed by atoms with Crippen molar-refractivity contribution in [2.75, 3.05) is 0 Å². The fourth-order valence-corrected chi connectivity index (χ4v) is 8.03. The van der Waals surface area contributed by atoms with Gasteiger partial charge in [0.25, 0.3) is 0 Å². The van der Waals surface area contributed by atoms with Gasteiger partial charge in [-0.2, -0.15) is 0 Å². The predicted molar refractivity (Wildman–Crippen MR) is 114 cm³/mol. The van der Waals surface area contributed by atoms with Crippen molar-refractivity contribution < 1.29 is 9.53 Å². The topological polar surface area (TPSA) is 39.2 Å². The first kappa shape index (κ1) is 19.3. The number of rotatable bonds is 2. The number of hydrogen-bond donors (Lipinski definition) is 0. The summed E-state index contributed by atoms with van der Waals surface area (Å²) in [6, 6.07) is 6.44. The molecule has 0 bridgehead atoms. The Morgan fingerprint density at radius 2 is 1.97 bits per heavy atom. The first-order chi connectivity index (χ1) is 13.9. The molecule has 0 radical (unpaired) electrons. The Morgan fingerprint density at radius 3 is 2.72 bits per heavy atom. The number of pyridine rings is 1. The summed E-state index contributed by atoms with van der Waals surface area (Å²) in [4.78, 5) is 16.2. The molecule has 0 aliphatic heterocycles. The van der Waals surface area contributed by atoms with E-state index in [9.17, 15) is 4.79 Å². The number of fused-ring (bicyclic) bond motifs is 5. The van der Waals surface area contributed by atoms with Gasteiger partial charge in [-0.1, -0.05) is 31.6 Å². The Bertz CT molecular complexity index is 817. The Labute approximate surface area is 175 Å². The third-order valence-electron chi connectivity index (χ3n) is 9.44. The summed E-state index contributed by atoms with van der Waals surface area (Å²) in [5.41, 5.74) is 3.60. The summed E-state index contributed by atoms with van der Waals surface area (Å²) in [6.45, 7) is 6.63. The minimum atomic E-state index is -0.132. The maximum Gasteiger partial charge on any atom is 0.302 e. The van der Waals surface area contributed by atoms with Crippen LogP contribution >= 0.6 is 0 Å². The van der Waals surface area contributed by atoms with Gasteiger partial charge in [0.05, 0.1) is 0 Å². The minimum absolute atomic E-state index is 0.0947. The van der Waals surface area contributed by atoms with Crippen molar-refractivity contribution in [3.05, 3.63) is 41.7 Å². The highest BCUT2D eigenvalue weighted by Gasteiger charge is 2.59. The van der Waals surface area contributed by atoms with Gasteiger partial charge in [0.2, 0.25) is 0 Å². The van der Waals surface area contributed by atoms with E-state index in [2.05, 4.69) is 32.1 Å². The second-order valence-electron chi connectivity index (χ2n) is 10.7. The van der Waals surface area contributed by atoms with E-state index in [1.165, 1.54) is 44.2 Å². The third-order valence-corrected chi connectivity index (χ3v) is 9.44. The molecule has 0 aromatic carbocycles. The van der Waals surface area contributed by atoms with Gasteiger partial charge >= 0.3 is 5.97 Å². The number of hydrogen-bond acceptors (Lipinski definition) is 3. The van der Waals surface area contributed by atoms with Crippen LogP contribution in [0.1, 0.15) is 83.7 Å². The van der Waals surface area contributed by atoms with Crippen LogP contribution in [0.3, 0.4) is 0 Å². The van der Waals surface area contributed by atoms with Gasteiger partial charge < -0.3 is 4.74 Å². The smallest absolute Gasteiger partial charge is 0.302 e. The molecule has 5 rings (SSSR count). The molecule has 3 saturated carbocycles. The molecular weight excluding hydrogens is 358 g/mol. The van der Waals surface area contributed by atoms with Crippen molar-refractivity contribution in [2.45, 2.75) is 84.2 Å². The summed E-state index contributed by atoms with van der Waals surface area (Å²) >= 11 is 0. The molecule has 3 heteroatoms. The standard InChI is InChI=1S/C26H35NO2/c1-17(28)29-19-11-13-25(2)18(16-19)7-8-20-21-9-10-23(24-6-4-5-15-27-24)26(21,3)14-12-22(20)25/h4-7,15,19-23H,8-14,16H2,1-3H3/t19-,20-,21-,22-,23-,25-,26-/m0/s1. The lowest BCUT2D eigenvalue weighted by Gasteiger charge is -2.58. The first-order valence-electron chi connectivity index (χ1n) is 11.7. The van der Waals surface area contributed by atoms with E-state index in [0.29, 0.717) is 16.7 Å². The molecule has 0 amide bonds. The van der Waals surface area contributed by atoms with Crippen molar-refractivity contribution in [1.29, 1.82) is 0 Å². The molecule has 0 saturated heterocycles. The van der Waals surface area contributed by atoms with Gasteiger partial charge in [-0.15, -0.1) is 0 Å². The number of allylic oxidation sites excluding steroid dienone is 1. The SMILES string of the molecule is CC(=O)O[C@H]1CC[C@@]2(C)C(=CC[C@H]3[C@@H]4CC[C@@H](c5ccccn5)[C@@]4(C)CC[C@@H]32)C1. The second kappa shape index (κ2) is 6.96. The number of nitrogens with zero attached hydrogens (tertiary/aromatic N) is 1. The molecule has 4 aliphatic rings. The lowest BCUT2D eigenvalue weighted by Crippen LogP contribution is -2.50.